The van der Waals surface area contributed by atoms with Gasteiger partial charge in [-0.15, -0.1) is 0 Å². The average Bonchev–Trinajstić information content (AvgIpc) is 2.69. The van der Waals surface area contributed by atoms with Gasteiger partial charge in [0.15, 0.2) is 0 Å². The zero-order valence-electron chi connectivity index (χ0n) is 10.1. The van der Waals surface area contributed by atoms with Crippen LogP contribution in [0.25, 0.3) is 5.52 Å². The van der Waals surface area contributed by atoms with Crippen LogP contribution in [0.15, 0.2) is 12.4 Å². The predicted molar refractivity (Wildman–Crippen MR) is 70.0 cm³/mol. The first-order valence-corrected chi connectivity index (χ1v) is 6.22. The molecule has 1 saturated carbocycles. The van der Waals surface area contributed by atoms with Crippen LogP contribution in [0, 0.1) is 0 Å². The fourth-order valence-electron chi connectivity index (χ4n) is 2.74. The maximum absolute atomic E-state index is 9.55. The quantitative estimate of drug-likeness (QED) is 0.696. The minimum absolute atomic E-state index is 0.170. The lowest BCUT2D eigenvalue weighted by Gasteiger charge is -2.24. The summed E-state index contributed by atoms with van der Waals surface area (Å²) in [5.41, 5.74) is 6.96. The second kappa shape index (κ2) is 4.28. The molecule has 2 aromatic heterocycles. The first kappa shape index (κ1) is 11.5. The Kier molecular flexibility index (Phi) is 2.74. The number of fused-ring (bicyclic) bond motifs is 1. The number of aliphatic hydroxyl groups excluding tert-OH is 1. The molecule has 0 atom stereocenters. The second-order valence-corrected chi connectivity index (χ2v) is 4.89. The van der Waals surface area contributed by atoms with Crippen LogP contribution >= 0.6 is 0 Å². The molecule has 0 aromatic carbocycles. The Morgan fingerprint density at radius 2 is 2.06 bits per heavy atom. The Hall–Kier alpha value is -1.56. The van der Waals surface area contributed by atoms with Gasteiger partial charge in [-0.2, -0.15) is 0 Å². The second-order valence-electron chi connectivity index (χ2n) is 4.89. The molecule has 1 aliphatic carbocycles. The molecule has 18 heavy (non-hydrogen) atoms. The molecule has 92 valence electrons. The van der Waals surface area contributed by atoms with Crippen molar-refractivity contribution in [1.82, 2.24) is 14.4 Å². The summed E-state index contributed by atoms with van der Waals surface area (Å²) in [6.45, 7) is 0. The van der Waals surface area contributed by atoms with E-state index in [4.69, 9.17) is 13.6 Å². The Morgan fingerprint density at radius 1 is 1.33 bits per heavy atom. The number of rotatable bonds is 1. The normalized spacial score (nSPS) is 24.5. The first-order chi connectivity index (χ1) is 8.66. The van der Waals surface area contributed by atoms with Crippen LogP contribution in [0.5, 0.6) is 0 Å². The maximum Gasteiger partial charge on any atom is 0.148 e. The lowest BCUT2D eigenvalue weighted by Crippen LogP contribution is -2.18. The molecule has 2 aromatic rings. The molecule has 0 spiro atoms. The third-order valence-electron chi connectivity index (χ3n) is 3.70. The van der Waals surface area contributed by atoms with Gasteiger partial charge in [0.1, 0.15) is 19.5 Å². The van der Waals surface area contributed by atoms with E-state index < -0.39 is 0 Å². The first-order valence-electron chi connectivity index (χ1n) is 6.22. The number of nitrogens with zero attached hydrogens (tertiary/aromatic N) is 3. The van der Waals surface area contributed by atoms with Crippen molar-refractivity contribution in [3.8, 4) is 0 Å². The Balaban J connectivity index is 2.05. The zero-order valence-corrected chi connectivity index (χ0v) is 10.1. The van der Waals surface area contributed by atoms with E-state index in [-0.39, 0.29) is 6.10 Å². The van der Waals surface area contributed by atoms with Crippen molar-refractivity contribution < 1.29 is 5.11 Å². The van der Waals surface area contributed by atoms with E-state index in [1.807, 2.05) is 10.6 Å². The summed E-state index contributed by atoms with van der Waals surface area (Å²) in [5.74, 6) is 1.67. The molecule has 2 heterocycles. The van der Waals surface area contributed by atoms with Crippen molar-refractivity contribution in [2.24, 2.45) is 0 Å². The van der Waals surface area contributed by atoms with Gasteiger partial charge in [-0.05, 0) is 25.7 Å². The highest BCUT2D eigenvalue weighted by molar-refractivity contribution is 6.36. The third-order valence-corrected chi connectivity index (χ3v) is 3.70. The molecule has 1 fully saturated rings. The highest BCUT2D eigenvalue weighted by Crippen LogP contribution is 2.32. The van der Waals surface area contributed by atoms with Crippen molar-refractivity contribution in [2.45, 2.75) is 37.7 Å². The molecule has 3 N–H and O–H groups in total. The SMILES string of the molecule is [B]c1nc(C2CCC(O)CC2)n2ccnc(N)c12. The monoisotopic (exact) mass is 242 g/mol. The Labute approximate surface area is 106 Å². The fraction of sp³-hybridized carbons (Fsp3) is 0.500. The largest absolute Gasteiger partial charge is 0.393 e. The van der Waals surface area contributed by atoms with E-state index in [0.29, 0.717) is 22.8 Å². The molecule has 5 nitrogen and oxygen atoms in total. The van der Waals surface area contributed by atoms with Gasteiger partial charge in [-0.25, -0.2) is 9.97 Å². The van der Waals surface area contributed by atoms with E-state index in [1.165, 1.54) is 0 Å². The van der Waals surface area contributed by atoms with Gasteiger partial charge in [-0.1, -0.05) is 0 Å². The number of aromatic nitrogens is 3. The Morgan fingerprint density at radius 3 is 2.78 bits per heavy atom. The van der Waals surface area contributed by atoms with Crippen LogP contribution < -0.4 is 11.3 Å². The maximum atomic E-state index is 9.55. The fourth-order valence-corrected chi connectivity index (χ4v) is 2.74. The van der Waals surface area contributed by atoms with E-state index in [2.05, 4.69) is 9.97 Å². The van der Waals surface area contributed by atoms with Crippen LogP contribution in [-0.2, 0) is 0 Å². The van der Waals surface area contributed by atoms with Crippen LogP contribution in [0.2, 0.25) is 0 Å². The van der Waals surface area contributed by atoms with Gasteiger partial charge in [0.25, 0.3) is 0 Å². The van der Waals surface area contributed by atoms with Crippen LogP contribution in [0.1, 0.15) is 37.4 Å². The highest BCUT2D eigenvalue weighted by atomic mass is 16.3. The van der Waals surface area contributed by atoms with Crippen molar-refractivity contribution in [3.05, 3.63) is 18.2 Å². The molecule has 0 amide bonds. The summed E-state index contributed by atoms with van der Waals surface area (Å²) in [6.07, 6.45) is 6.83. The van der Waals surface area contributed by atoms with Crippen LogP contribution in [0.3, 0.4) is 0 Å². The third kappa shape index (κ3) is 1.77. The summed E-state index contributed by atoms with van der Waals surface area (Å²) < 4.78 is 1.93. The van der Waals surface area contributed by atoms with Gasteiger partial charge in [-0.3, -0.25) is 4.40 Å². The van der Waals surface area contributed by atoms with E-state index in [9.17, 15) is 5.11 Å². The smallest absolute Gasteiger partial charge is 0.148 e. The molecule has 0 aliphatic heterocycles. The van der Waals surface area contributed by atoms with Crippen LogP contribution in [-0.4, -0.2) is 33.4 Å². The number of hydrogen-bond acceptors (Lipinski definition) is 4. The van der Waals surface area contributed by atoms with Crippen molar-refractivity contribution >= 4 is 24.8 Å². The Bertz CT molecular complexity index is 575. The lowest BCUT2D eigenvalue weighted by molar-refractivity contribution is 0.121. The van der Waals surface area contributed by atoms with Crippen molar-refractivity contribution in [2.75, 3.05) is 5.73 Å². The minimum Gasteiger partial charge on any atom is -0.393 e. The average molecular weight is 242 g/mol. The van der Waals surface area contributed by atoms with Gasteiger partial charge in [0.2, 0.25) is 0 Å². The molecule has 6 heteroatoms. The summed E-state index contributed by atoms with van der Waals surface area (Å²) in [7, 11) is 5.91. The summed E-state index contributed by atoms with van der Waals surface area (Å²) >= 11 is 0. The molecule has 0 bridgehead atoms. The van der Waals surface area contributed by atoms with E-state index in [1.54, 1.807) is 6.20 Å². The van der Waals surface area contributed by atoms with Gasteiger partial charge in [0, 0.05) is 23.9 Å². The number of hydrogen-bond donors (Lipinski definition) is 2. The minimum atomic E-state index is -0.170. The number of anilines is 1. The topological polar surface area (TPSA) is 76.4 Å². The highest BCUT2D eigenvalue weighted by Gasteiger charge is 2.25. The van der Waals surface area contributed by atoms with Crippen molar-refractivity contribution in [1.29, 1.82) is 0 Å². The molecule has 0 unspecified atom stereocenters. The van der Waals surface area contributed by atoms with Gasteiger partial charge in [0.05, 0.1) is 11.6 Å². The van der Waals surface area contributed by atoms with E-state index in [0.717, 1.165) is 31.5 Å². The van der Waals surface area contributed by atoms with Crippen LogP contribution in [0.4, 0.5) is 5.82 Å². The van der Waals surface area contributed by atoms with Gasteiger partial charge < -0.3 is 10.8 Å². The van der Waals surface area contributed by atoms with Gasteiger partial charge >= 0.3 is 0 Å². The molecular formula is C12H15BN4O. The predicted octanol–water partition coefficient (Wildman–Crippen LogP) is 0.124. The van der Waals surface area contributed by atoms with E-state index >= 15 is 0 Å². The summed E-state index contributed by atoms with van der Waals surface area (Å²) in [6, 6.07) is 0. The molecule has 0 saturated heterocycles. The standard InChI is InChI=1S/C12H15BN4O/c13-10-9-11(14)15-5-6-17(9)12(16-10)7-1-3-8(18)4-2-7/h5-8,18H,1-4H2,(H2,14,15). The lowest BCUT2D eigenvalue weighted by atomic mass is 9.87. The number of nitrogens with two attached hydrogens (primary N) is 1. The molecular weight excluding hydrogens is 227 g/mol. The summed E-state index contributed by atoms with van der Waals surface area (Å²) in [4.78, 5) is 8.47. The number of aliphatic hydroxyl groups is 1. The number of nitrogen functional groups attached to an aromatic ring is 1. The van der Waals surface area contributed by atoms with Crippen molar-refractivity contribution in [3.63, 3.8) is 0 Å². The zero-order chi connectivity index (χ0) is 12.7. The number of imidazole rings is 1. The molecule has 1 aliphatic rings. The molecule has 2 radical (unpaired) electrons. The molecule has 3 rings (SSSR count). The summed E-state index contributed by atoms with van der Waals surface area (Å²) in [5, 5.41) is 9.55.